The average Bonchev–Trinajstić information content (AvgIpc) is 2.73. The molecule has 0 saturated carbocycles. The van der Waals surface area contributed by atoms with E-state index in [1.165, 1.54) is 0 Å². The Labute approximate surface area is 182 Å². The van der Waals surface area contributed by atoms with E-state index >= 15 is 0 Å². The third-order valence-electron chi connectivity index (χ3n) is 4.09. The molecule has 0 aromatic heterocycles. The molecule has 0 aliphatic carbocycles. The van der Waals surface area contributed by atoms with E-state index in [0.717, 1.165) is 15.6 Å². The van der Waals surface area contributed by atoms with Crippen LogP contribution in [-0.2, 0) is 11.3 Å². The van der Waals surface area contributed by atoms with Crippen LogP contribution in [0.4, 0.5) is 0 Å². The maximum absolute atomic E-state index is 12.8. The molecule has 0 heterocycles. The van der Waals surface area contributed by atoms with Gasteiger partial charge >= 0.3 is 0 Å². The summed E-state index contributed by atoms with van der Waals surface area (Å²) in [7, 11) is 0. The van der Waals surface area contributed by atoms with Crippen molar-refractivity contribution in [2.75, 3.05) is 0 Å². The fourth-order valence-corrected chi connectivity index (χ4v) is 3.24. The second kappa shape index (κ2) is 10.0. The first-order chi connectivity index (χ1) is 14.0. The molecule has 146 valence electrons. The molecule has 0 atom stereocenters. The molecule has 0 unspecified atom stereocenters. The van der Waals surface area contributed by atoms with E-state index in [1.54, 1.807) is 36.4 Å². The smallest absolute Gasteiger partial charge is 0.268 e. The normalized spacial score (nSPS) is 11.0. The van der Waals surface area contributed by atoms with E-state index in [0.29, 0.717) is 10.6 Å². The molecule has 0 bridgehead atoms. The Bertz CT molecular complexity index is 1050. The molecule has 3 rings (SSSR count). The summed E-state index contributed by atoms with van der Waals surface area (Å²) in [5.74, 6) is -0.770. The standard InChI is InChI=1S/C23H18BrClN2O2/c24-19-11-6-7-16(13-19)14-21(27-22(28)17-8-2-1-3-9-17)23(29)26-15-18-10-4-5-12-20(18)25/h1-14H,15H2,(H,26,29)(H,27,28). The van der Waals surface area contributed by atoms with Gasteiger partial charge in [0.05, 0.1) is 0 Å². The van der Waals surface area contributed by atoms with Gasteiger partial charge in [-0.2, -0.15) is 0 Å². The van der Waals surface area contributed by atoms with E-state index in [-0.39, 0.29) is 18.1 Å². The van der Waals surface area contributed by atoms with Crippen molar-refractivity contribution < 1.29 is 9.59 Å². The molecule has 0 aliphatic heterocycles. The number of nitrogens with one attached hydrogen (secondary N) is 2. The first-order valence-corrected chi connectivity index (χ1v) is 10.1. The predicted molar refractivity (Wildman–Crippen MR) is 119 cm³/mol. The van der Waals surface area contributed by atoms with Crippen molar-refractivity contribution in [2.45, 2.75) is 6.54 Å². The quantitative estimate of drug-likeness (QED) is 0.488. The third-order valence-corrected chi connectivity index (χ3v) is 4.95. The van der Waals surface area contributed by atoms with E-state index in [1.807, 2.05) is 48.5 Å². The first kappa shape index (κ1) is 20.8. The maximum Gasteiger partial charge on any atom is 0.268 e. The van der Waals surface area contributed by atoms with Crippen molar-refractivity contribution in [3.8, 4) is 0 Å². The van der Waals surface area contributed by atoms with E-state index in [9.17, 15) is 9.59 Å². The highest BCUT2D eigenvalue weighted by atomic mass is 79.9. The summed E-state index contributed by atoms with van der Waals surface area (Å²) in [6, 6.07) is 23.5. The second-order valence-corrected chi connectivity index (χ2v) is 7.53. The number of hydrogen-bond acceptors (Lipinski definition) is 2. The summed E-state index contributed by atoms with van der Waals surface area (Å²) in [6.07, 6.45) is 1.63. The van der Waals surface area contributed by atoms with E-state index in [4.69, 9.17) is 11.6 Å². The number of rotatable bonds is 6. The molecule has 0 fully saturated rings. The molecule has 2 N–H and O–H groups in total. The molecule has 3 aromatic carbocycles. The van der Waals surface area contributed by atoms with Crippen LogP contribution in [0.1, 0.15) is 21.5 Å². The Morgan fingerprint density at radius 1 is 0.931 bits per heavy atom. The molecular formula is C23H18BrClN2O2. The molecule has 3 aromatic rings. The van der Waals surface area contributed by atoms with Gasteiger partial charge in [0.15, 0.2) is 0 Å². The van der Waals surface area contributed by atoms with Crippen LogP contribution < -0.4 is 10.6 Å². The number of carbonyl (C=O) groups excluding carboxylic acids is 2. The van der Waals surface area contributed by atoms with Crippen LogP contribution in [0.3, 0.4) is 0 Å². The summed E-state index contributed by atoms with van der Waals surface area (Å²) >= 11 is 9.57. The highest BCUT2D eigenvalue weighted by Crippen LogP contribution is 2.16. The fraction of sp³-hybridized carbons (Fsp3) is 0.0435. The number of benzene rings is 3. The molecule has 2 amide bonds. The van der Waals surface area contributed by atoms with Crippen molar-refractivity contribution in [3.05, 3.63) is 111 Å². The number of carbonyl (C=O) groups is 2. The lowest BCUT2D eigenvalue weighted by atomic mass is 10.1. The number of amides is 2. The molecule has 29 heavy (non-hydrogen) atoms. The lowest BCUT2D eigenvalue weighted by molar-refractivity contribution is -0.117. The Kier molecular flexibility index (Phi) is 7.22. The van der Waals surface area contributed by atoms with Gasteiger partial charge in [-0.25, -0.2) is 0 Å². The maximum atomic E-state index is 12.8. The van der Waals surface area contributed by atoms with E-state index in [2.05, 4.69) is 26.6 Å². The minimum Gasteiger partial charge on any atom is -0.347 e. The van der Waals surface area contributed by atoms with Crippen LogP contribution in [0.15, 0.2) is 89.0 Å². The van der Waals surface area contributed by atoms with Gasteiger partial charge in [0.2, 0.25) is 0 Å². The topological polar surface area (TPSA) is 58.2 Å². The van der Waals surface area contributed by atoms with Crippen LogP contribution in [-0.4, -0.2) is 11.8 Å². The highest BCUT2D eigenvalue weighted by Gasteiger charge is 2.15. The molecule has 6 heteroatoms. The molecule has 0 aliphatic rings. The second-order valence-electron chi connectivity index (χ2n) is 6.21. The van der Waals surface area contributed by atoms with Crippen molar-refractivity contribution in [2.24, 2.45) is 0 Å². The van der Waals surface area contributed by atoms with Gasteiger partial charge in [-0.15, -0.1) is 0 Å². The zero-order valence-corrected chi connectivity index (χ0v) is 17.7. The third kappa shape index (κ3) is 6.04. The highest BCUT2D eigenvalue weighted by molar-refractivity contribution is 9.10. The number of hydrogen-bond donors (Lipinski definition) is 2. The molecule has 4 nitrogen and oxygen atoms in total. The summed E-state index contributed by atoms with van der Waals surface area (Å²) in [5, 5.41) is 6.10. The first-order valence-electron chi connectivity index (χ1n) is 8.88. The summed E-state index contributed by atoms with van der Waals surface area (Å²) in [6.45, 7) is 0.246. The minimum absolute atomic E-state index is 0.143. The van der Waals surface area contributed by atoms with Gasteiger partial charge in [-0.1, -0.05) is 76.1 Å². The van der Waals surface area contributed by atoms with Crippen molar-refractivity contribution in [1.29, 1.82) is 0 Å². The monoisotopic (exact) mass is 468 g/mol. The number of halogens is 2. The minimum atomic E-state index is -0.408. The largest absolute Gasteiger partial charge is 0.347 e. The van der Waals surface area contributed by atoms with Gasteiger partial charge < -0.3 is 10.6 Å². The Morgan fingerprint density at radius 2 is 1.66 bits per heavy atom. The van der Waals surface area contributed by atoms with Crippen LogP contribution in [0, 0.1) is 0 Å². The van der Waals surface area contributed by atoms with Gasteiger partial charge in [-0.05, 0) is 47.5 Å². The lowest BCUT2D eigenvalue weighted by Crippen LogP contribution is -2.34. The zero-order valence-electron chi connectivity index (χ0n) is 15.4. The SMILES string of the molecule is O=C(NCc1ccccc1Cl)C(=Cc1cccc(Br)c1)NC(=O)c1ccccc1. The Hall–Kier alpha value is -2.89. The van der Waals surface area contributed by atoms with Gasteiger partial charge in [0.1, 0.15) is 5.70 Å². The summed E-state index contributed by atoms with van der Waals surface area (Å²) < 4.78 is 0.872. The van der Waals surface area contributed by atoms with Crippen LogP contribution >= 0.6 is 27.5 Å². The van der Waals surface area contributed by atoms with Crippen LogP contribution in [0.5, 0.6) is 0 Å². The van der Waals surface area contributed by atoms with Crippen molar-refractivity contribution in [3.63, 3.8) is 0 Å². The lowest BCUT2D eigenvalue weighted by Gasteiger charge is -2.12. The molecule has 0 radical (unpaired) electrons. The summed E-state index contributed by atoms with van der Waals surface area (Å²) in [5.41, 5.74) is 2.17. The van der Waals surface area contributed by atoms with Crippen LogP contribution in [0.2, 0.25) is 5.02 Å². The van der Waals surface area contributed by atoms with Gasteiger partial charge in [0.25, 0.3) is 11.8 Å². The van der Waals surface area contributed by atoms with Gasteiger partial charge in [0, 0.05) is 21.6 Å². The van der Waals surface area contributed by atoms with Crippen molar-refractivity contribution in [1.82, 2.24) is 10.6 Å². The Morgan fingerprint density at radius 3 is 2.38 bits per heavy atom. The van der Waals surface area contributed by atoms with Crippen molar-refractivity contribution >= 4 is 45.4 Å². The van der Waals surface area contributed by atoms with Crippen LogP contribution in [0.25, 0.3) is 6.08 Å². The molecular weight excluding hydrogens is 452 g/mol. The molecule has 0 saturated heterocycles. The fourth-order valence-electron chi connectivity index (χ4n) is 2.62. The predicted octanol–water partition coefficient (Wildman–Crippen LogP) is 5.19. The average molecular weight is 470 g/mol. The zero-order chi connectivity index (χ0) is 20.6. The summed E-state index contributed by atoms with van der Waals surface area (Å²) in [4.78, 5) is 25.4. The molecule has 0 spiro atoms. The van der Waals surface area contributed by atoms with E-state index < -0.39 is 5.91 Å². The Balaban J connectivity index is 1.82. The van der Waals surface area contributed by atoms with Gasteiger partial charge in [-0.3, -0.25) is 9.59 Å².